The molecule has 0 aromatic heterocycles. The van der Waals surface area contributed by atoms with E-state index in [0.717, 1.165) is 12.8 Å². The number of benzene rings is 1. The number of carbonyl (C=O) groups is 2. The second kappa shape index (κ2) is 5.84. The second-order valence-corrected chi connectivity index (χ2v) is 4.45. The lowest BCUT2D eigenvalue weighted by Gasteiger charge is -2.16. The standard InChI is InChI=1S/C14H17NO4/c1-19-10-5-6-12-11(9-10)13(17)14(18)15(12)7-3-2-4-8-16/h5-6,9,16H,2-4,7-8H2,1H3. The number of Topliss-reactive ketones (excluding diaryl/α,β-unsaturated/α-hetero) is 1. The smallest absolute Gasteiger partial charge is 0.299 e. The molecule has 19 heavy (non-hydrogen) atoms. The van der Waals surface area contributed by atoms with E-state index in [1.165, 1.54) is 12.0 Å². The SMILES string of the molecule is COc1ccc2c(c1)C(=O)C(=O)N2CCCCCO. The van der Waals surface area contributed by atoms with Crippen LogP contribution in [0.2, 0.25) is 0 Å². The van der Waals surface area contributed by atoms with Crippen molar-refractivity contribution in [2.45, 2.75) is 19.3 Å². The molecule has 1 aromatic rings. The molecule has 1 N–H and O–H groups in total. The lowest BCUT2D eigenvalue weighted by Crippen LogP contribution is -2.30. The first-order chi connectivity index (χ1) is 9.19. The van der Waals surface area contributed by atoms with Gasteiger partial charge >= 0.3 is 0 Å². The van der Waals surface area contributed by atoms with Gasteiger partial charge in [0.25, 0.3) is 11.7 Å². The predicted octanol–water partition coefficient (Wildman–Crippen LogP) is 1.39. The number of fused-ring (bicyclic) bond motifs is 1. The zero-order valence-corrected chi connectivity index (χ0v) is 10.9. The van der Waals surface area contributed by atoms with Crippen LogP contribution in [-0.2, 0) is 4.79 Å². The molecule has 0 spiro atoms. The Morgan fingerprint density at radius 2 is 2.00 bits per heavy atom. The molecule has 0 bridgehead atoms. The number of aliphatic hydroxyl groups is 1. The lowest BCUT2D eigenvalue weighted by atomic mass is 10.1. The minimum absolute atomic E-state index is 0.153. The Labute approximate surface area is 111 Å². The molecule has 5 heteroatoms. The summed E-state index contributed by atoms with van der Waals surface area (Å²) in [5.74, 6) is -0.384. The molecule has 0 saturated heterocycles. The van der Waals surface area contributed by atoms with Crippen molar-refractivity contribution in [1.82, 2.24) is 0 Å². The first-order valence-corrected chi connectivity index (χ1v) is 6.34. The zero-order valence-electron chi connectivity index (χ0n) is 10.9. The maximum atomic E-state index is 11.9. The second-order valence-electron chi connectivity index (χ2n) is 4.45. The average molecular weight is 263 g/mol. The summed E-state index contributed by atoms with van der Waals surface area (Å²) in [6.45, 7) is 0.657. The van der Waals surface area contributed by atoms with Crippen LogP contribution >= 0.6 is 0 Å². The average Bonchev–Trinajstić information content (AvgIpc) is 2.67. The molecule has 1 heterocycles. The number of rotatable bonds is 6. The van der Waals surface area contributed by atoms with Crippen molar-refractivity contribution in [3.05, 3.63) is 23.8 Å². The van der Waals surface area contributed by atoms with Crippen LogP contribution in [0.15, 0.2) is 18.2 Å². The first kappa shape index (κ1) is 13.5. The van der Waals surface area contributed by atoms with Gasteiger partial charge in [0.2, 0.25) is 0 Å². The van der Waals surface area contributed by atoms with Gasteiger partial charge in [0.15, 0.2) is 0 Å². The van der Waals surface area contributed by atoms with Crippen LogP contribution in [0, 0.1) is 0 Å². The topological polar surface area (TPSA) is 66.8 Å². The third-order valence-corrected chi connectivity index (χ3v) is 3.22. The monoisotopic (exact) mass is 263 g/mol. The summed E-state index contributed by atoms with van der Waals surface area (Å²) in [6, 6.07) is 5.08. The van der Waals surface area contributed by atoms with Gasteiger partial charge in [0.1, 0.15) is 5.75 Å². The molecule has 5 nitrogen and oxygen atoms in total. The Hall–Kier alpha value is -1.88. The van der Waals surface area contributed by atoms with Crippen LogP contribution in [0.4, 0.5) is 5.69 Å². The van der Waals surface area contributed by atoms with E-state index in [9.17, 15) is 9.59 Å². The summed E-state index contributed by atoms with van der Waals surface area (Å²) in [5, 5.41) is 8.72. The molecule has 0 unspecified atom stereocenters. The van der Waals surface area contributed by atoms with Crippen LogP contribution in [0.3, 0.4) is 0 Å². The van der Waals surface area contributed by atoms with E-state index in [1.54, 1.807) is 18.2 Å². The summed E-state index contributed by atoms with van der Waals surface area (Å²) < 4.78 is 5.06. The van der Waals surface area contributed by atoms with Crippen LogP contribution in [-0.4, -0.2) is 37.1 Å². The van der Waals surface area contributed by atoms with E-state index in [-0.39, 0.29) is 6.61 Å². The fraction of sp³-hybridized carbons (Fsp3) is 0.429. The number of anilines is 1. The number of hydrogen-bond donors (Lipinski definition) is 1. The van der Waals surface area contributed by atoms with E-state index in [2.05, 4.69) is 0 Å². The third kappa shape index (κ3) is 2.61. The molecule has 1 aliphatic heterocycles. The zero-order chi connectivity index (χ0) is 13.8. The molecular formula is C14H17NO4. The van der Waals surface area contributed by atoms with Gasteiger partial charge in [0.05, 0.1) is 18.4 Å². The summed E-state index contributed by atoms with van der Waals surface area (Å²) in [6.07, 6.45) is 2.32. The molecule has 2 rings (SSSR count). The van der Waals surface area contributed by atoms with Gasteiger partial charge in [-0.05, 0) is 37.5 Å². The summed E-state index contributed by atoms with van der Waals surface area (Å²) in [4.78, 5) is 25.3. The van der Waals surface area contributed by atoms with E-state index in [1.807, 2.05) is 0 Å². The van der Waals surface area contributed by atoms with E-state index >= 15 is 0 Å². The predicted molar refractivity (Wildman–Crippen MR) is 70.6 cm³/mol. The molecule has 0 atom stereocenters. The molecule has 0 fully saturated rings. The fourth-order valence-corrected chi connectivity index (χ4v) is 2.19. The maximum absolute atomic E-state index is 11.9. The van der Waals surface area contributed by atoms with Gasteiger partial charge in [0, 0.05) is 13.2 Å². The largest absolute Gasteiger partial charge is 0.497 e. The van der Waals surface area contributed by atoms with Crippen molar-refractivity contribution in [1.29, 1.82) is 0 Å². The van der Waals surface area contributed by atoms with Crippen LogP contribution < -0.4 is 9.64 Å². The Morgan fingerprint density at radius 3 is 2.68 bits per heavy atom. The highest BCUT2D eigenvalue weighted by molar-refractivity contribution is 6.52. The number of methoxy groups -OCH3 is 1. The molecule has 0 radical (unpaired) electrons. The number of ketones is 1. The Balaban J connectivity index is 2.15. The normalized spacial score (nSPS) is 13.9. The highest BCUT2D eigenvalue weighted by atomic mass is 16.5. The van der Waals surface area contributed by atoms with E-state index in [4.69, 9.17) is 9.84 Å². The van der Waals surface area contributed by atoms with Crippen molar-refractivity contribution in [2.24, 2.45) is 0 Å². The van der Waals surface area contributed by atoms with Crippen LogP contribution in [0.1, 0.15) is 29.6 Å². The van der Waals surface area contributed by atoms with Gasteiger partial charge in [-0.1, -0.05) is 0 Å². The Morgan fingerprint density at radius 1 is 1.21 bits per heavy atom. The number of carbonyl (C=O) groups excluding carboxylic acids is 2. The quantitative estimate of drug-likeness (QED) is 0.622. The minimum atomic E-state index is -0.479. The molecule has 0 aliphatic carbocycles. The molecule has 0 saturated carbocycles. The van der Waals surface area contributed by atoms with Crippen LogP contribution in [0.5, 0.6) is 5.75 Å². The summed E-state index contributed by atoms with van der Waals surface area (Å²) in [5.41, 5.74) is 1.06. The molecule has 1 amide bonds. The molecule has 1 aliphatic rings. The number of ether oxygens (including phenoxy) is 1. The maximum Gasteiger partial charge on any atom is 0.299 e. The van der Waals surface area contributed by atoms with Gasteiger partial charge in [-0.3, -0.25) is 9.59 Å². The number of aliphatic hydroxyl groups excluding tert-OH is 1. The Bertz CT molecular complexity index is 498. The Kier molecular flexibility index (Phi) is 4.16. The lowest BCUT2D eigenvalue weighted by molar-refractivity contribution is -0.114. The van der Waals surface area contributed by atoms with Crippen molar-refractivity contribution in [3.8, 4) is 5.75 Å². The van der Waals surface area contributed by atoms with Crippen molar-refractivity contribution >= 4 is 17.4 Å². The fourth-order valence-electron chi connectivity index (χ4n) is 2.19. The highest BCUT2D eigenvalue weighted by Gasteiger charge is 2.35. The van der Waals surface area contributed by atoms with Gasteiger partial charge in [-0.25, -0.2) is 0 Å². The first-order valence-electron chi connectivity index (χ1n) is 6.34. The summed E-state index contributed by atoms with van der Waals surface area (Å²) in [7, 11) is 1.52. The van der Waals surface area contributed by atoms with Gasteiger partial charge in [-0.2, -0.15) is 0 Å². The number of amides is 1. The molecule has 102 valence electrons. The molecule has 1 aromatic carbocycles. The number of unbranched alkanes of at least 4 members (excludes halogenated alkanes) is 2. The minimum Gasteiger partial charge on any atom is -0.497 e. The highest BCUT2D eigenvalue weighted by Crippen LogP contribution is 2.32. The third-order valence-electron chi connectivity index (χ3n) is 3.22. The van der Waals surface area contributed by atoms with E-state index < -0.39 is 11.7 Å². The van der Waals surface area contributed by atoms with Crippen LogP contribution in [0.25, 0.3) is 0 Å². The van der Waals surface area contributed by atoms with Gasteiger partial charge in [-0.15, -0.1) is 0 Å². The summed E-state index contributed by atoms with van der Waals surface area (Å²) >= 11 is 0. The van der Waals surface area contributed by atoms with Crippen molar-refractivity contribution < 1.29 is 19.4 Å². The van der Waals surface area contributed by atoms with Gasteiger partial charge < -0.3 is 14.7 Å². The van der Waals surface area contributed by atoms with Crippen molar-refractivity contribution in [3.63, 3.8) is 0 Å². The number of hydrogen-bond acceptors (Lipinski definition) is 4. The number of nitrogens with zero attached hydrogens (tertiary/aromatic N) is 1. The molecular weight excluding hydrogens is 246 g/mol. The van der Waals surface area contributed by atoms with Crippen molar-refractivity contribution in [2.75, 3.05) is 25.2 Å². The van der Waals surface area contributed by atoms with E-state index in [0.29, 0.717) is 30.0 Å².